The summed E-state index contributed by atoms with van der Waals surface area (Å²) >= 11 is 0. The molecule has 0 aliphatic heterocycles. The van der Waals surface area contributed by atoms with Crippen LogP contribution in [0.3, 0.4) is 0 Å². The zero-order valence-electron chi connectivity index (χ0n) is 13.7. The van der Waals surface area contributed by atoms with Crippen LogP contribution in [0.15, 0.2) is 40.1 Å². The summed E-state index contributed by atoms with van der Waals surface area (Å²) in [5, 5.41) is 14.9. The van der Waals surface area contributed by atoms with Gasteiger partial charge in [-0.25, -0.2) is 18.3 Å². The molecule has 0 saturated carbocycles. The Hall–Kier alpha value is -4.14. The maximum Gasteiger partial charge on any atom is 0.328 e. The number of nitriles is 1. The van der Waals surface area contributed by atoms with E-state index in [2.05, 4.69) is 10.4 Å². The molecule has 142 valence electrons. The van der Waals surface area contributed by atoms with E-state index in [1.165, 1.54) is 0 Å². The number of nitrogens with one attached hydrogen (secondary N) is 2. The molecule has 0 unspecified atom stereocenters. The maximum atomic E-state index is 14.0. The van der Waals surface area contributed by atoms with Crippen LogP contribution in [0.2, 0.25) is 0 Å². The Labute approximate surface area is 153 Å². The van der Waals surface area contributed by atoms with E-state index in [0.29, 0.717) is 15.4 Å². The summed E-state index contributed by atoms with van der Waals surface area (Å²) in [6.07, 6.45) is 0.537. The Morgan fingerprint density at radius 2 is 1.89 bits per heavy atom. The second kappa shape index (κ2) is 7.23. The van der Waals surface area contributed by atoms with E-state index in [4.69, 9.17) is 5.26 Å². The third kappa shape index (κ3) is 3.54. The van der Waals surface area contributed by atoms with Gasteiger partial charge in [-0.2, -0.15) is 14.8 Å². The number of anilines is 1. The lowest BCUT2D eigenvalue weighted by atomic mass is 10.3. The first-order valence-corrected chi connectivity index (χ1v) is 7.54. The standard InChI is InChI=1S/C16H9F3N6O3/c17-9-2-1-3-10(18)14(9)25-12(4-8(5-20)23-25)21-13(26)7-24-6-11(19)15(27)22-16(24)28/h1-4,6H,7H2,(H,21,26)(H,22,27,28). The highest BCUT2D eigenvalue weighted by Crippen LogP contribution is 2.22. The topological polar surface area (TPSA) is 126 Å². The Morgan fingerprint density at radius 3 is 2.54 bits per heavy atom. The number of hydrogen-bond acceptors (Lipinski definition) is 5. The summed E-state index contributed by atoms with van der Waals surface area (Å²) in [5.74, 6) is -4.44. The molecular formula is C16H9F3N6O3. The first-order chi connectivity index (χ1) is 13.3. The number of benzene rings is 1. The van der Waals surface area contributed by atoms with Crippen molar-refractivity contribution in [3.8, 4) is 11.8 Å². The minimum Gasteiger partial charge on any atom is -0.309 e. The molecule has 0 aliphatic rings. The second-order valence-electron chi connectivity index (χ2n) is 5.42. The number of aromatic nitrogens is 4. The number of carbonyl (C=O) groups is 1. The number of amides is 1. The number of rotatable bonds is 4. The highest BCUT2D eigenvalue weighted by molar-refractivity contribution is 5.90. The van der Waals surface area contributed by atoms with Crippen LogP contribution in [0.4, 0.5) is 19.0 Å². The van der Waals surface area contributed by atoms with Gasteiger partial charge >= 0.3 is 5.69 Å². The van der Waals surface area contributed by atoms with E-state index < -0.39 is 46.8 Å². The van der Waals surface area contributed by atoms with Gasteiger partial charge in [0.15, 0.2) is 17.3 Å². The average Bonchev–Trinajstić information content (AvgIpc) is 3.02. The number of para-hydroxylation sites is 1. The summed E-state index contributed by atoms with van der Waals surface area (Å²) in [4.78, 5) is 36.5. The van der Waals surface area contributed by atoms with E-state index in [9.17, 15) is 27.6 Å². The Morgan fingerprint density at radius 1 is 1.21 bits per heavy atom. The van der Waals surface area contributed by atoms with Gasteiger partial charge in [0, 0.05) is 6.07 Å². The molecule has 0 bridgehead atoms. The average molecular weight is 390 g/mol. The zero-order chi connectivity index (χ0) is 20.4. The third-order valence-electron chi connectivity index (χ3n) is 3.52. The SMILES string of the molecule is N#Cc1cc(NC(=O)Cn2cc(F)c(=O)[nH]c2=O)n(-c2c(F)cccc2F)n1. The summed E-state index contributed by atoms with van der Waals surface area (Å²) in [6, 6.07) is 5.77. The highest BCUT2D eigenvalue weighted by atomic mass is 19.1. The van der Waals surface area contributed by atoms with Gasteiger partial charge in [-0.15, -0.1) is 0 Å². The minimum absolute atomic E-state index is 0.245. The lowest BCUT2D eigenvalue weighted by Gasteiger charge is -2.11. The van der Waals surface area contributed by atoms with Crippen LogP contribution in [-0.4, -0.2) is 25.2 Å². The number of H-pyrrole nitrogens is 1. The van der Waals surface area contributed by atoms with E-state index >= 15 is 0 Å². The summed E-state index contributed by atoms with van der Waals surface area (Å²) in [6.45, 7) is -0.723. The fourth-order valence-electron chi connectivity index (χ4n) is 2.32. The van der Waals surface area contributed by atoms with Crippen LogP contribution in [-0.2, 0) is 11.3 Å². The van der Waals surface area contributed by atoms with Gasteiger partial charge in [0.25, 0.3) is 5.56 Å². The van der Waals surface area contributed by atoms with Crippen molar-refractivity contribution in [1.82, 2.24) is 19.3 Å². The molecule has 1 amide bonds. The van der Waals surface area contributed by atoms with Gasteiger partial charge < -0.3 is 5.32 Å². The van der Waals surface area contributed by atoms with Crippen LogP contribution < -0.4 is 16.6 Å². The normalized spacial score (nSPS) is 10.5. The molecule has 0 radical (unpaired) electrons. The molecule has 0 fully saturated rings. The summed E-state index contributed by atoms with van der Waals surface area (Å²) < 4.78 is 42.6. The van der Waals surface area contributed by atoms with Gasteiger partial charge in [0.05, 0.1) is 6.20 Å². The molecule has 3 rings (SSSR count). The predicted molar refractivity (Wildman–Crippen MR) is 88.1 cm³/mol. The molecule has 1 aromatic carbocycles. The summed E-state index contributed by atoms with van der Waals surface area (Å²) in [7, 11) is 0. The molecule has 12 heteroatoms. The molecule has 0 saturated heterocycles. The van der Waals surface area contributed by atoms with E-state index in [1.54, 1.807) is 11.1 Å². The molecular weight excluding hydrogens is 381 g/mol. The van der Waals surface area contributed by atoms with Gasteiger partial charge in [0.1, 0.15) is 24.1 Å². The monoisotopic (exact) mass is 390 g/mol. The number of aromatic amines is 1. The highest BCUT2D eigenvalue weighted by Gasteiger charge is 2.19. The van der Waals surface area contributed by atoms with Crippen molar-refractivity contribution >= 4 is 11.7 Å². The number of carbonyl (C=O) groups excluding carboxylic acids is 1. The molecule has 0 aliphatic carbocycles. The third-order valence-corrected chi connectivity index (χ3v) is 3.52. The van der Waals surface area contributed by atoms with Gasteiger partial charge in [-0.3, -0.25) is 19.1 Å². The molecule has 3 aromatic rings. The number of hydrogen-bond donors (Lipinski definition) is 2. The Kier molecular flexibility index (Phi) is 4.82. The van der Waals surface area contributed by atoms with Crippen molar-refractivity contribution in [3.05, 3.63) is 74.4 Å². The van der Waals surface area contributed by atoms with Crippen molar-refractivity contribution in [2.45, 2.75) is 6.54 Å². The van der Waals surface area contributed by atoms with Crippen LogP contribution in [0.25, 0.3) is 5.69 Å². The van der Waals surface area contributed by atoms with E-state index in [1.807, 2.05) is 0 Å². The Bertz CT molecular complexity index is 1220. The van der Waals surface area contributed by atoms with Crippen LogP contribution >= 0.6 is 0 Å². The van der Waals surface area contributed by atoms with Gasteiger partial charge in [0.2, 0.25) is 11.7 Å². The fraction of sp³-hybridized carbons (Fsp3) is 0.0625. The quantitative estimate of drug-likeness (QED) is 0.677. The lowest BCUT2D eigenvalue weighted by molar-refractivity contribution is -0.116. The first kappa shape index (κ1) is 18.6. The molecule has 0 spiro atoms. The van der Waals surface area contributed by atoms with Crippen LogP contribution in [0, 0.1) is 28.8 Å². The predicted octanol–water partition coefficient (Wildman–Crippen LogP) is 0.650. The van der Waals surface area contributed by atoms with E-state index in [0.717, 1.165) is 24.3 Å². The van der Waals surface area contributed by atoms with Crippen LogP contribution in [0.5, 0.6) is 0 Å². The first-order valence-electron chi connectivity index (χ1n) is 7.54. The lowest BCUT2D eigenvalue weighted by Crippen LogP contribution is -2.34. The maximum absolute atomic E-state index is 14.0. The molecule has 9 nitrogen and oxygen atoms in total. The largest absolute Gasteiger partial charge is 0.328 e. The van der Waals surface area contributed by atoms with Crippen LogP contribution in [0.1, 0.15) is 5.69 Å². The molecule has 2 heterocycles. The molecule has 2 N–H and O–H groups in total. The van der Waals surface area contributed by atoms with Gasteiger partial charge in [-0.1, -0.05) is 6.07 Å². The number of nitrogens with zero attached hydrogens (tertiary/aromatic N) is 4. The van der Waals surface area contributed by atoms with Crippen molar-refractivity contribution in [3.63, 3.8) is 0 Å². The summed E-state index contributed by atoms with van der Waals surface area (Å²) in [5.41, 5.74) is -3.15. The zero-order valence-corrected chi connectivity index (χ0v) is 13.7. The van der Waals surface area contributed by atoms with Crippen molar-refractivity contribution in [2.75, 3.05) is 5.32 Å². The minimum atomic E-state index is -1.28. The second-order valence-corrected chi connectivity index (χ2v) is 5.42. The molecule has 0 atom stereocenters. The van der Waals surface area contributed by atoms with E-state index in [-0.39, 0.29) is 11.5 Å². The number of halogens is 3. The van der Waals surface area contributed by atoms with Crippen molar-refractivity contribution in [1.29, 1.82) is 5.26 Å². The van der Waals surface area contributed by atoms with Gasteiger partial charge in [-0.05, 0) is 12.1 Å². The molecule has 2 aromatic heterocycles. The fourth-order valence-corrected chi connectivity index (χ4v) is 2.32. The Balaban J connectivity index is 1.95. The smallest absolute Gasteiger partial charge is 0.309 e. The van der Waals surface area contributed by atoms with Crippen molar-refractivity contribution in [2.24, 2.45) is 0 Å². The van der Waals surface area contributed by atoms with Crippen molar-refractivity contribution < 1.29 is 18.0 Å². The molecule has 28 heavy (non-hydrogen) atoms.